The molecule has 6 heteroatoms. The van der Waals surface area contributed by atoms with Crippen molar-refractivity contribution in [2.45, 2.75) is 252 Å². The first-order chi connectivity index (χ1) is 35.5. The van der Waals surface area contributed by atoms with E-state index in [0.29, 0.717) is 19.3 Å². The highest BCUT2D eigenvalue weighted by Gasteiger charge is 2.19. The molecule has 0 heterocycles. The smallest absolute Gasteiger partial charge is 0.306 e. The van der Waals surface area contributed by atoms with Crippen LogP contribution in [-0.4, -0.2) is 37.2 Å². The third kappa shape index (κ3) is 56.5. The Morgan fingerprint density at radius 1 is 0.292 bits per heavy atom. The van der Waals surface area contributed by atoms with Crippen molar-refractivity contribution in [2.75, 3.05) is 13.2 Å². The minimum atomic E-state index is -0.806. The van der Waals surface area contributed by atoms with Gasteiger partial charge in [0.05, 0.1) is 0 Å². The Morgan fingerprint density at radius 3 is 0.903 bits per heavy atom. The predicted molar refractivity (Wildman–Crippen MR) is 311 cm³/mol. The number of rotatable bonds is 51. The number of carbonyl (C=O) groups excluding carboxylic acids is 3. The largest absolute Gasteiger partial charge is 0.462 e. The van der Waals surface area contributed by atoms with Crippen LogP contribution in [0.4, 0.5) is 0 Å². The van der Waals surface area contributed by atoms with Gasteiger partial charge in [-0.15, -0.1) is 0 Å². The summed E-state index contributed by atoms with van der Waals surface area (Å²) in [7, 11) is 0. The molecule has 72 heavy (non-hydrogen) atoms. The topological polar surface area (TPSA) is 78.9 Å². The Kier molecular flexibility index (Phi) is 55.5. The molecule has 0 saturated heterocycles. The fraction of sp³-hybridized carbons (Fsp3) is 0.621. The van der Waals surface area contributed by atoms with Crippen molar-refractivity contribution in [1.29, 1.82) is 0 Å². The molecule has 6 nitrogen and oxygen atoms in total. The third-order valence-electron chi connectivity index (χ3n) is 11.9. The lowest BCUT2D eigenvalue weighted by Gasteiger charge is -2.18. The SMILES string of the molecule is CC/C=C\C/C=C\C/C=C\C/C=C\C/C=C\C/C=C\C/C=C\CCCC(=O)OCC(COC(=O)CCCCCCCCCC)OC(=O)CCCCCCCCCCCC/C=C\C/C=C\C/C=C\C/C=C\CC. The van der Waals surface area contributed by atoms with E-state index in [2.05, 4.69) is 154 Å². The monoisotopic (exact) mass is 995 g/mol. The van der Waals surface area contributed by atoms with Crippen molar-refractivity contribution in [3.63, 3.8) is 0 Å². The Balaban J connectivity index is 4.36. The van der Waals surface area contributed by atoms with Crippen LogP contribution in [0, 0.1) is 0 Å². The van der Waals surface area contributed by atoms with Gasteiger partial charge in [-0.1, -0.05) is 251 Å². The summed E-state index contributed by atoms with van der Waals surface area (Å²) in [5.74, 6) is -0.975. The van der Waals surface area contributed by atoms with E-state index in [1.807, 2.05) is 0 Å². The summed E-state index contributed by atoms with van der Waals surface area (Å²) in [5.41, 5.74) is 0. The van der Waals surface area contributed by atoms with Crippen molar-refractivity contribution in [3.05, 3.63) is 134 Å². The highest BCUT2D eigenvalue weighted by molar-refractivity contribution is 5.71. The average molecular weight is 996 g/mol. The molecule has 0 N–H and O–H groups in total. The van der Waals surface area contributed by atoms with Gasteiger partial charge < -0.3 is 14.2 Å². The zero-order valence-electron chi connectivity index (χ0n) is 46.4. The van der Waals surface area contributed by atoms with E-state index < -0.39 is 6.10 Å². The number of hydrogen-bond donors (Lipinski definition) is 0. The van der Waals surface area contributed by atoms with Crippen LogP contribution < -0.4 is 0 Å². The summed E-state index contributed by atoms with van der Waals surface area (Å²) < 4.78 is 16.8. The molecular weight excluding hydrogens is 889 g/mol. The van der Waals surface area contributed by atoms with Crippen LogP contribution in [0.5, 0.6) is 0 Å². The molecule has 0 saturated carbocycles. The molecule has 0 aliphatic rings. The number of unbranched alkanes of at least 4 members (excludes halogenated alkanes) is 18. The summed E-state index contributed by atoms with van der Waals surface area (Å²) >= 11 is 0. The van der Waals surface area contributed by atoms with Crippen molar-refractivity contribution in [3.8, 4) is 0 Å². The van der Waals surface area contributed by atoms with Crippen LogP contribution in [0.3, 0.4) is 0 Å². The molecule has 0 aliphatic heterocycles. The molecule has 0 bridgehead atoms. The molecule has 0 radical (unpaired) electrons. The Hall–Kier alpha value is -4.45. The Morgan fingerprint density at radius 2 is 0.556 bits per heavy atom. The summed E-state index contributed by atoms with van der Waals surface area (Å²) in [6.45, 7) is 6.32. The highest BCUT2D eigenvalue weighted by Crippen LogP contribution is 2.14. The van der Waals surface area contributed by atoms with Gasteiger partial charge in [-0.25, -0.2) is 0 Å². The van der Waals surface area contributed by atoms with Gasteiger partial charge in [-0.3, -0.25) is 14.4 Å². The molecule has 1 unspecified atom stereocenters. The molecule has 0 aliphatic carbocycles. The number of ether oxygens (including phenoxy) is 3. The first kappa shape index (κ1) is 67.5. The molecule has 406 valence electrons. The second kappa shape index (κ2) is 59.1. The van der Waals surface area contributed by atoms with E-state index in [0.717, 1.165) is 116 Å². The van der Waals surface area contributed by atoms with Crippen LogP contribution in [0.15, 0.2) is 134 Å². The van der Waals surface area contributed by atoms with Gasteiger partial charge in [0.15, 0.2) is 6.10 Å². The maximum absolute atomic E-state index is 12.8. The Bertz CT molecular complexity index is 1560. The van der Waals surface area contributed by atoms with Gasteiger partial charge >= 0.3 is 17.9 Å². The van der Waals surface area contributed by atoms with E-state index in [9.17, 15) is 14.4 Å². The van der Waals surface area contributed by atoms with Gasteiger partial charge in [0.1, 0.15) is 13.2 Å². The number of hydrogen-bond acceptors (Lipinski definition) is 6. The zero-order valence-corrected chi connectivity index (χ0v) is 46.4. The molecule has 0 amide bonds. The van der Waals surface area contributed by atoms with Crippen LogP contribution >= 0.6 is 0 Å². The summed E-state index contributed by atoms with van der Waals surface area (Å²) in [5, 5.41) is 0. The van der Waals surface area contributed by atoms with Gasteiger partial charge in [-0.2, -0.15) is 0 Å². The van der Waals surface area contributed by atoms with Gasteiger partial charge in [0, 0.05) is 19.3 Å². The lowest BCUT2D eigenvalue weighted by atomic mass is 10.0. The molecule has 0 spiro atoms. The molecule has 0 rings (SSSR count). The molecule has 0 aromatic carbocycles. The van der Waals surface area contributed by atoms with Gasteiger partial charge in [-0.05, 0) is 109 Å². The fourth-order valence-corrected chi connectivity index (χ4v) is 7.60. The average Bonchev–Trinajstić information content (AvgIpc) is 3.38. The predicted octanol–water partition coefficient (Wildman–Crippen LogP) is 19.8. The summed E-state index contributed by atoms with van der Waals surface area (Å²) in [6.07, 6.45) is 83.2. The van der Waals surface area contributed by atoms with Crippen molar-refractivity contribution < 1.29 is 28.6 Å². The lowest BCUT2D eigenvalue weighted by molar-refractivity contribution is -0.167. The van der Waals surface area contributed by atoms with Gasteiger partial charge in [0.25, 0.3) is 0 Å². The van der Waals surface area contributed by atoms with E-state index in [-0.39, 0.29) is 37.5 Å². The molecule has 1 atom stereocenters. The number of carbonyl (C=O) groups is 3. The van der Waals surface area contributed by atoms with Crippen molar-refractivity contribution in [1.82, 2.24) is 0 Å². The van der Waals surface area contributed by atoms with Crippen LogP contribution in [-0.2, 0) is 28.6 Å². The van der Waals surface area contributed by atoms with Crippen LogP contribution in [0.2, 0.25) is 0 Å². The number of esters is 3. The second-order valence-corrected chi connectivity index (χ2v) is 18.8. The highest BCUT2D eigenvalue weighted by atomic mass is 16.6. The quantitative estimate of drug-likeness (QED) is 0.0261. The molecule has 0 aromatic heterocycles. The van der Waals surface area contributed by atoms with E-state index in [4.69, 9.17) is 14.2 Å². The first-order valence-electron chi connectivity index (χ1n) is 29.2. The summed E-state index contributed by atoms with van der Waals surface area (Å²) in [6, 6.07) is 0. The van der Waals surface area contributed by atoms with Gasteiger partial charge in [0.2, 0.25) is 0 Å². The van der Waals surface area contributed by atoms with Crippen molar-refractivity contribution >= 4 is 17.9 Å². The standard InChI is InChI=1S/C66H106O6/c1-4-7-10-13-16-19-21-23-25-27-29-31-33-35-37-39-41-43-45-47-50-53-56-59-65(68)71-62-63(61-70-64(67)58-55-52-49-18-15-12-9-6-3)72-66(69)60-57-54-51-48-46-44-42-40-38-36-34-32-30-28-26-24-22-20-17-14-11-8-5-2/h7-8,10-11,16-17,19-20,23-26,29-32,35,37,41,43,47,50,63H,4-6,9,12-15,18,21-22,27-28,33-34,36,38-40,42,44-46,48-49,51-62H2,1-3H3/b10-7-,11-8-,19-16-,20-17-,25-23-,26-24-,31-29-,32-30-,37-35-,43-41-,50-47-. The maximum atomic E-state index is 12.8. The molecule has 0 aromatic rings. The number of allylic oxidation sites excluding steroid dienone is 22. The third-order valence-corrected chi connectivity index (χ3v) is 11.9. The van der Waals surface area contributed by atoms with E-state index >= 15 is 0 Å². The first-order valence-corrected chi connectivity index (χ1v) is 29.2. The maximum Gasteiger partial charge on any atom is 0.306 e. The Labute approximate surface area is 443 Å². The van der Waals surface area contributed by atoms with E-state index in [1.54, 1.807) is 0 Å². The summed E-state index contributed by atoms with van der Waals surface area (Å²) in [4.78, 5) is 38.0. The lowest BCUT2D eigenvalue weighted by Crippen LogP contribution is -2.30. The normalized spacial score (nSPS) is 13.1. The molecular formula is C66H106O6. The molecule has 0 fully saturated rings. The zero-order chi connectivity index (χ0) is 52.2. The minimum Gasteiger partial charge on any atom is -0.462 e. The fourth-order valence-electron chi connectivity index (χ4n) is 7.60. The van der Waals surface area contributed by atoms with E-state index in [1.165, 1.54) is 83.5 Å². The van der Waals surface area contributed by atoms with Crippen LogP contribution in [0.25, 0.3) is 0 Å². The van der Waals surface area contributed by atoms with Crippen molar-refractivity contribution in [2.24, 2.45) is 0 Å². The van der Waals surface area contributed by atoms with Crippen LogP contribution in [0.1, 0.15) is 245 Å². The minimum absolute atomic E-state index is 0.101. The second-order valence-electron chi connectivity index (χ2n) is 18.8.